The molecule has 0 saturated carbocycles. The zero-order valence-electron chi connectivity index (χ0n) is 12.8. The van der Waals surface area contributed by atoms with E-state index in [1.54, 1.807) is 37.3 Å². The van der Waals surface area contributed by atoms with Crippen LogP contribution in [0.1, 0.15) is 6.92 Å². The third-order valence-corrected chi connectivity index (χ3v) is 5.63. The van der Waals surface area contributed by atoms with Crippen LogP contribution in [0.2, 0.25) is 5.02 Å². The van der Waals surface area contributed by atoms with Gasteiger partial charge in [0.05, 0.1) is 17.2 Å². The average Bonchev–Trinajstić information content (AvgIpc) is 2.53. The second kappa shape index (κ2) is 8.00. The Balaban J connectivity index is 2.48. The van der Waals surface area contributed by atoms with Gasteiger partial charge in [-0.1, -0.05) is 33.6 Å². The molecule has 8 heteroatoms. The lowest BCUT2D eigenvalue weighted by Crippen LogP contribution is -2.36. The van der Waals surface area contributed by atoms with Gasteiger partial charge >= 0.3 is 5.97 Å². The molecule has 0 aliphatic carbocycles. The fraction of sp³-hybridized carbons (Fsp3) is 0.188. The van der Waals surface area contributed by atoms with Gasteiger partial charge in [-0.3, -0.25) is 9.10 Å². The van der Waals surface area contributed by atoms with Gasteiger partial charge in [0.15, 0.2) is 0 Å². The molecule has 0 N–H and O–H groups in total. The molecule has 0 spiro atoms. The van der Waals surface area contributed by atoms with E-state index >= 15 is 0 Å². The number of halogens is 2. The zero-order chi connectivity index (χ0) is 17.7. The molecule has 0 atom stereocenters. The largest absolute Gasteiger partial charge is 0.465 e. The van der Waals surface area contributed by atoms with Gasteiger partial charge in [0.2, 0.25) is 0 Å². The van der Waals surface area contributed by atoms with Crippen LogP contribution in [0.3, 0.4) is 0 Å². The first-order valence-corrected chi connectivity index (χ1v) is 9.65. The molecule has 0 amide bonds. The number of anilines is 1. The van der Waals surface area contributed by atoms with E-state index in [0.29, 0.717) is 10.7 Å². The number of benzene rings is 2. The van der Waals surface area contributed by atoms with E-state index in [1.165, 1.54) is 18.2 Å². The summed E-state index contributed by atoms with van der Waals surface area (Å²) in [5.74, 6) is -0.641. The number of sulfonamides is 1. The SMILES string of the molecule is CCOC(=O)CN(c1cccc(Cl)c1)S(=O)(=O)c1ccc(Br)cc1. The second-order valence-electron chi connectivity index (χ2n) is 4.75. The summed E-state index contributed by atoms with van der Waals surface area (Å²) >= 11 is 9.22. The molecule has 2 aromatic carbocycles. The van der Waals surface area contributed by atoms with Crippen LogP contribution in [0, 0.1) is 0 Å². The van der Waals surface area contributed by atoms with Crippen molar-refractivity contribution in [2.24, 2.45) is 0 Å². The monoisotopic (exact) mass is 431 g/mol. The molecule has 0 aromatic heterocycles. The Kier molecular flexibility index (Phi) is 6.26. The number of hydrogen-bond acceptors (Lipinski definition) is 4. The van der Waals surface area contributed by atoms with E-state index in [4.69, 9.17) is 16.3 Å². The van der Waals surface area contributed by atoms with Gasteiger partial charge in [-0.05, 0) is 49.4 Å². The Morgan fingerprint density at radius 1 is 1.21 bits per heavy atom. The molecule has 128 valence electrons. The first-order chi connectivity index (χ1) is 11.3. The number of carbonyl (C=O) groups excluding carboxylic acids is 1. The van der Waals surface area contributed by atoms with E-state index in [1.807, 2.05) is 0 Å². The third-order valence-electron chi connectivity index (χ3n) is 3.08. The van der Waals surface area contributed by atoms with Crippen LogP contribution in [0.25, 0.3) is 0 Å². The van der Waals surface area contributed by atoms with Crippen molar-refractivity contribution in [3.8, 4) is 0 Å². The Labute approximate surface area is 154 Å². The molecule has 0 saturated heterocycles. The van der Waals surface area contributed by atoms with Gasteiger partial charge in [0, 0.05) is 9.50 Å². The molecule has 2 rings (SSSR count). The summed E-state index contributed by atoms with van der Waals surface area (Å²) in [5.41, 5.74) is 0.290. The minimum Gasteiger partial charge on any atom is -0.465 e. The number of esters is 1. The highest BCUT2D eigenvalue weighted by Gasteiger charge is 2.27. The maximum absolute atomic E-state index is 13.0. The summed E-state index contributed by atoms with van der Waals surface area (Å²) in [4.78, 5) is 11.9. The standard InChI is InChI=1S/C16H15BrClNO4S/c1-2-23-16(20)11-19(14-5-3-4-13(18)10-14)24(21,22)15-8-6-12(17)7-9-15/h3-10H,2,11H2,1H3. The van der Waals surface area contributed by atoms with Crippen molar-refractivity contribution < 1.29 is 17.9 Å². The zero-order valence-corrected chi connectivity index (χ0v) is 15.9. The van der Waals surface area contributed by atoms with Gasteiger partial charge in [0.1, 0.15) is 6.54 Å². The van der Waals surface area contributed by atoms with Gasteiger partial charge in [-0.25, -0.2) is 8.42 Å². The summed E-state index contributed by atoms with van der Waals surface area (Å²) in [5, 5.41) is 0.368. The molecule has 0 heterocycles. The fourth-order valence-corrected chi connectivity index (χ4v) is 3.85. The lowest BCUT2D eigenvalue weighted by Gasteiger charge is -2.23. The molecule has 2 aromatic rings. The number of hydrogen-bond donors (Lipinski definition) is 0. The van der Waals surface area contributed by atoms with E-state index in [0.717, 1.165) is 8.78 Å². The minimum atomic E-state index is -3.95. The molecule has 5 nitrogen and oxygen atoms in total. The molecule has 24 heavy (non-hydrogen) atoms. The predicted octanol–water partition coefficient (Wildman–Crippen LogP) is 3.86. The average molecular weight is 433 g/mol. The molecular weight excluding hydrogens is 418 g/mol. The maximum Gasteiger partial charge on any atom is 0.326 e. The van der Waals surface area contributed by atoms with E-state index in [-0.39, 0.29) is 11.5 Å². The lowest BCUT2D eigenvalue weighted by atomic mass is 10.3. The Morgan fingerprint density at radius 3 is 2.46 bits per heavy atom. The van der Waals surface area contributed by atoms with E-state index in [2.05, 4.69) is 15.9 Å². The molecular formula is C16H15BrClNO4S. The topological polar surface area (TPSA) is 63.7 Å². The summed E-state index contributed by atoms with van der Waals surface area (Å²) in [7, 11) is -3.95. The molecule has 0 aliphatic rings. The van der Waals surface area contributed by atoms with Crippen molar-refractivity contribution in [3.63, 3.8) is 0 Å². The van der Waals surface area contributed by atoms with Crippen LogP contribution in [0.4, 0.5) is 5.69 Å². The summed E-state index contributed by atoms with van der Waals surface area (Å²) in [6.07, 6.45) is 0. The highest BCUT2D eigenvalue weighted by molar-refractivity contribution is 9.10. The van der Waals surface area contributed by atoms with Crippen molar-refractivity contribution in [2.75, 3.05) is 17.5 Å². The molecule has 0 bridgehead atoms. The molecule has 0 radical (unpaired) electrons. The van der Waals surface area contributed by atoms with Crippen molar-refractivity contribution in [3.05, 3.63) is 58.0 Å². The van der Waals surface area contributed by atoms with Crippen LogP contribution in [-0.2, 0) is 19.6 Å². The van der Waals surface area contributed by atoms with Crippen LogP contribution in [0.15, 0.2) is 57.9 Å². The van der Waals surface area contributed by atoms with Crippen LogP contribution >= 0.6 is 27.5 Å². The van der Waals surface area contributed by atoms with Crippen LogP contribution in [-0.4, -0.2) is 27.5 Å². The number of carbonyl (C=O) groups is 1. The van der Waals surface area contributed by atoms with Crippen molar-refractivity contribution in [1.29, 1.82) is 0 Å². The molecule has 0 unspecified atom stereocenters. The lowest BCUT2D eigenvalue weighted by molar-refractivity contribution is -0.141. The van der Waals surface area contributed by atoms with Crippen LogP contribution < -0.4 is 4.31 Å². The summed E-state index contributed by atoms with van der Waals surface area (Å²) in [6, 6.07) is 12.5. The Hall–Kier alpha value is -1.57. The highest BCUT2D eigenvalue weighted by atomic mass is 79.9. The predicted molar refractivity (Wildman–Crippen MR) is 96.8 cm³/mol. The fourth-order valence-electron chi connectivity index (χ4n) is 2.00. The quantitative estimate of drug-likeness (QED) is 0.650. The smallest absolute Gasteiger partial charge is 0.326 e. The highest BCUT2D eigenvalue weighted by Crippen LogP contribution is 2.26. The van der Waals surface area contributed by atoms with Crippen LogP contribution in [0.5, 0.6) is 0 Å². The molecule has 0 fully saturated rings. The normalized spacial score (nSPS) is 11.1. The number of nitrogens with zero attached hydrogens (tertiary/aromatic N) is 1. The number of rotatable bonds is 6. The van der Waals surface area contributed by atoms with Gasteiger partial charge in [-0.15, -0.1) is 0 Å². The van der Waals surface area contributed by atoms with Gasteiger partial charge < -0.3 is 4.74 Å². The van der Waals surface area contributed by atoms with Gasteiger partial charge in [0.25, 0.3) is 10.0 Å². The molecule has 0 aliphatic heterocycles. The van der Waals surface area contributed by atoms with Crippen molar-refractivity contribution in [2.45, 2.75) is 11.8 Å². The van der Waals surface area contributed by atoms with Crippen molar-refractivity contribution >= 4 is 49.2 Å². The second-order valence-corrected chi connectivity index (χ2v) is 7.96. The Bertz CT molecular complexity index is 824. The van der Waals surface area contributed by atoms with Gasteiger partial charge in [-0.2, -0.15) is 0 Å². The number of ether oxygens (including phenoxy) is 1. The Morgan fingerprint density at radius 2 is 1.88 bits per heavy atom. The summed E-state index contributed by atoms with van der Waals surface area (Å²) < 4.78 is 32.5. The maximum atomic E-state index is 13.0. The first-order valence-electron chi connectivity index (χ1n) is 7.04. The minimum absolute atomic E-state index is 0.0648. The van der Waals surface area contributed by atoms with E-state index < -0.39 is 22.5 Å². The third kappa shape index (κ3) is 4.49. The summed E-state index contributed by atoms with van der Waals surface area (Å²) in [6.45, 7) is 1.39. The first kappa shape index (κ1) is 18.8. The van der Waals surface area contributed by atoms with Crippen molar-refractivity contribution in [1.82, 2.24) is 0 Å². The van der Waals surface area contributed by atoms with E-state index in [9.17, 15) is 13.2 Å².